The van der Waals surface area contributed by atoms with E-state index in [2.05, 4.69) is 53.4 Å². The van der Waals surface area contributed by atoms with E-state index < -0.39 is 12.2 Å². The van der Waals surface area contributed by atoms with E-state index in [0.717, 1.165) is 32.5 Å². The second kappa shape index (κ2) is 9.67. The predicted molar refractivity (Wildman–Crippen MR) is 106 cm³/mol. The minimum absolute atomic E-state index is 0.144. The van der Waals surface area contributed by atoms with Gasteiger partial charge in [0.15, 0.2) is 0 Å². The number of benzene rings is 2. The summed E-state index contributed by atoms with van der Waals surface area (Å²) < 4.78 is 5.50. The molecule has 4 heteroatoms. The first-order valence-corrected chi connectivity index (χ1v) is 9.77. The highest BCUT2D eigenvalue weighted by atomic mass is 16.6. The van der Waals surface area contributed by atoms with Crippen LogP contribution in [0.5, 0.6) is 0 Å². The molecule has 144 valence electrons. The van der Waals surface area contributed by atoms with E-state index >= 15 is 0 Å². The summed E-state index contributed by atoms with van der Waals surface area (Å²) in [5.41, 5.74) is 2.52. The minimum Gasteiger partial charge on any atom is -0.459 e. The Labute approximate surface area is 161 Å². The third kappa shape index (κ3) is 5.91. The van der Waals surface area contributed by atoms with Gasteiger partial charge < -0.3 is 9.84 Å². The Morgan fingerprint density at radius 2 is 1.56 bits per heavy atom. The molecular formula is C23H29NO3. The van der Waals surface area contributed by atoms with E-state index in [1.807, 2.05) is 12.1 Å². The molecule has 3 rings (SSSR count). The third-order valence-corrected chi connectivity index (χ3v) is 5.21. The molecule has 1 N–H and O–H groups in total. The van der Waals surface area contributed by atoms with Crippen molar-refractivity contribution in [2.75, 3.05) is 6.54 Å². The lowest BCUT2D eigenvalue weighted by atomic mass is 9.83. The highest BCUT2D eigenvalue weighted by Gasteiger charge is 2.35. The van der Waals surface area contributed by atoms with Crippen LogP contribution in [0.4, 0.5) is 0 Å². The van der Waals surface area contributed by atoms with Gasteiger partial charge in [0.05, 0.1) is 6.10 Å². The summed E-state index contributed by atoms with van der Waals surface area (Å²) in [5, 5.41) is 10.4. The molecule has 0 unspecified atom stereocenters. The van der Waals surface area contributed by atoms with Gasteiger partial charge in [-0.1, -0.05) is 67.1 Å². The van der Waals surface area contributed by atoms with E-state index in [1.54, 1.807) is 0 Å². The van der Waals surface area contributed by atoms with Crippen molar-refractivity contribution in [1.82, 2.24) is 4.90 Å². The zero-order valence-electron chi connectivity index (χ0n) is 16.0. The van der Waals surface area contributed by atoms with Crippen LogP contribution in [0.15, 0.2) is 60.7 Å². The molecule has 0 aliphatic heterocycles. The molecule has 0 spiro atoms. The average Bonchev–Trinajstić information content (AvgIpc) is 2.66. The molecule has 3 atom stereocenters. The Hall–Kier alpha value is -2.17. The number of rotatable bonds is 7. The summed E-state index contributed by atoms with van der Waals surface area (Å²) in [6.45, 7) is 3.87. The zero-order valence-corrected chi connectivity index (χ0v) is 16.0. The molecule has 0 saturated heterocycles. The Balaban J connectivity index is 1.75. The molecule has 0 radical (unpaired) electrons. The molecule has 1 aliphatic rings. The number of ether oxygens (including phenoxy) is 1. The maximum Gasteiger partial charge on any atom is 0.303 e. The number of carbonyl (C=O) groups excluding carboxylic acids is 1. The van der Waals surface area contributed by atoms with Gasteiger partial charge in [-0.3, -0.25) is 9.69 Å². The monoisotopic (exact) mass is 367 g/mol. The Morgan fingerprint density at radius 1 is 1.00 bits per heavy atom. The van der Waals surface area contributed by atoms with Crippen molar-refractivity contribution >= 4 is 5.97 Å². The first-order valence-electron chi connectivity index (χ1n) is 9.77. The fraction of sp³-hybridized carbons (Fsp3) is 0.435. The zero-order chi connectivity index (χ0) is 19.1. The van der Waals surface area contributed by atoms with Crippen LogP contribution in [0.25, 0.3) is 0 Å². The molecule has 0 amide bonds. The maximum absolute atomic E-state index is 11.5. The van der Waals surface area contributed by atoms with Gasteiger partial charge in [0.1, 0.15) is 6.10 Å². The largest absolute Gasteiger partial charge is 0.459 e. The van der Waals surface area contributed by atoms with Crippen LogP contribution in [0.1, 0.15) is 37.3 Å². The van der Waals surface area contributed by atoms with Crippen molar-refractivity contribution in [2.24, 2.45) is 5.92 Å². The normalized spacial score (nSPS) is 22.6. The smallest absolute Gasteiger partial charge is 0.303 e. The van der Waals surface area contributed by atoms with Crippen LogP contribution in [-0.4, -0.2) is 34.7 Å². The lowest BCUT2D eigenvalue weighted by Gasteiger charge is -2.37. The first-order chi connectivity index (χ1) is 13.1. The van der Waals surface area contributed by atoms with Gasteiger partial charge in [0.25, 0.3) is 0 Å². The number of nitrogens with zero attached hydrogens (tertiary/aromatic N) is 1. The molecule has 1 saturated carbocycles. The summed E-state index contributed by atoms with van der Waals surface area (Å²) in [6, 6.07) is 20.8. The Morgan fingerprint density at radius 3 is 2.07 bits per heavy atom. The highest BCUT2D eigenvalue weighted by Crippen LogP contribution is 2.29. The second-order valence-corrected chi connectivity index (χ2v) is 7.47. The number of carbonyl (C=O) groups is 1. The molecule has 1 fully saturated rings. The van der Waals surface area contributed by atoms with E-state index in [9.17, 15) is 9.90 Å². The fourth-order valence-electron chi connectivity index (χ4n) is 3.99. The van der Waals surface area contributed by atoms with Crippen molar-refractivity contribution in [3.63, 3.8) is 0 Å². The van der Waals surface area contributed by atoms with Crippen molar-refractivity contribution in [2.45, 2.75) is 51.5 Å². The molecule has 0 heterocycles. The van der Waals surface area contributed by atoms with Crippen molar-refractivity contribution in [3.8, 4) is 0 Å². The molecule has 4 nitrogen and oxygen atoms in total. The summed E-state index contributed by atoms with van der Waals surface area (Å²) in [7, 11) is 0. The molecular weight excluding hydrogens is 338 g/mol. The lowest BCUT2D eigenvalue weighted by Crippen LogP contribution is -2.45. The van der Waals surface area contributed by atoms with Gasteiger partial charge in [-0.05, 0) is 24.0 Å². The molecule has 2 aromatic rings. The lowest BCUT2D eigenvalue weighted by molar-refractivity contribution is -0.161. The van der Waals surface area contributed by atoms with Crippen LogP contribution in [0, 0.1) is 5.92 Å². The van der Waals surface area contributed by atoms with Crippen molar-refractivity contribution in [3.05, 3.63) is 71.8 Å². The Bertz CT molecular complexity index is 663. The number of hydrogen-bond donors (Lipinski definition) is 1. The summed E-state index contributed by atoms with van der Waals surface area (Å²) in [5.74, 6) is -0.173. The van der Waals surface area contributed by atoms with Crippen LogP contribution < -0.4 is 0 Å². The maximum atomic E-state index is 11.5. The quantitative estimate of drug-likeness (QED) is 0.757. The first kappa shape index (κ1) is 19.6. The molecule has 0 bridgehead atoms. The van der Waals surface area contributed by atoms with E-state index in [-0.39, 0.29) is 11.9 Å². The fourth-order valence-corrected chi connectivity index (χ4v) is 3.99. The number of aliphatic hydroxyl groups excluding tert-OH is 1. The van der Waals surface area contributed by atoms with Crippen LogP contribution >= 0.6 is 0 Å². The van der Waals surface area contributed by atoms with Gasteiger partial charge in [-0.2, -0.15) is 0 Å². The number of esters is 1. The van der Waals surface area contributed by atoms with Gasteiger partial charge >= 0.3 is 5.97 Å². The van der Waals surface area contributed by atoms with E-state index in [1.165, 1.54) is 18.1 Å². The minimum atomic E-state index is -0.567. The van der Waals surface area contributed by atoms with Crippen LogP contribution in [0.3, 0.4) is 0 Å². The predicted octanol–water partition coefficient (Wildman–Crippen LogP) is 3.78. The van der Waals surface area contributed by atoms with E-state index in [0.29, 0.717) is 6.42 Å². The second-order valence-electron chi connectivity index (χ2n) is 7.47. The third-order valence-electron chi connectivity index (χ3n) is 5.21. The highest BCUT2D eigenvalue weighted by molar-refractivity contribution is 5.66. The van der Waals surface area contributed by atoms with Crippen molar-refractivity contribution < 1.29 is 14.6 Å². The SMILES string of the molecule is CC(=O)O[C@H]1[C@H](CN(Cc2ccccc2)Cc2ccccc2)CCC[C@H]1O. The molecule has 1 aliphatic carbocycles. The topological polar surface area (TPSA) is 49.8 Å². The van der Waals surface area contributed by atoms with Crippen molar-refractivity contribution in [1.29, 1.82) is 0 Å². The van der Waals surface area contributed by atoms with Gasteiger partial charge in [-0.25, -0.2) is 0 Å². The van der Waals surface area contributed by atoms with Gasteiger partial charge in [0.2, 0.25) is 0 Å². The average molecular weight is 367 g/mol. The molecule has 27 heavy (non-hydrogen) atoms. The number of aliphatic hydroxyl groups is 1. The summed E-state index contributed by atoms with van der Waals surface area (Å²) in [4.78, 5) is 13.9. The van der Waals surface area contributed by atoms with Crippen LogP contribution in [0.2, 0.25) is 0 Å². The summed E-state index contributed by atoms with van der Waals surface area (Å²) >= 11 is 0. The standard InChI is InChI=1S/C23H29NO3/c1-18(25)27-23-21(13-8-14-22(23)26)17-24(15-19-9-4-2-5-10-19)16-20-11-6-3-7-12-20/h2-7,9-12,21-23,26H,8,13-17H2,1H3/t21-,22+,23-/m0/s1. The van der Waals surface area contributed by atoms with Gasteiger partial charge in [-0.15, -0.1) is 0 Å². The van der Waals surface area contributed by atoms with E-state index in [4.69, 9.17) is 4.74 Å². The van der Waals surface area contributed by atoms with Crippen LogP contribution in [-0.2, 0) is 22.6 Å². The molecule has 0 aromatic heterocycles. The molecule has 2 aromatic carbocycles. The summed E-state index contributed by atoms with van der Waals surface area (Å²) in [6.07, 6.45) is 1.66. The van der Waals surface area contributed by atoms with Gasteiger partial charge in [0, 0.05) is 32.5 Å². The number of hydrogen-bond acceptors (Lipinski definition) is 4. The Kier molecular flexibility index (Phi) is 7.02.